The molecule has 0 aliphatic carbocycles. The summed E-state index contributed by atoms with van der Waals surface area (Å²) >= 11 is 0.847. The number of hydrogen-bond donors (Lipinski definition) is 0. The standard InChI is InChI=1S/C14H19O.ClH.Zn/c1-4-8-12(2)14(15-3)11-13-9-6-5-7-10-13;;/h5-10,12,14H,11H2,1-3H3;1H;/q-1;;+2/p-1/t12-,14-;;/m0../s1. The van der Waals surface area contributed by atoms with Crippen LogP contribution in [0.4, 0.5) is 0 Å². The monoisotopic (exact) mass is 302 g/mol. The number of ether oxygens (including phenoxy) is 1. The summed E-state index contributed by atoms with van der Waals surface area (Å²) in [5.41, 5.74) is 1.32. The van der Waals surface area contributed by atoms with Gasteiger partial charge in [-0.2, -0.15) is 6.92 Å². The molecule has 0 spiro atoms. The topological polar surface area (TPSA) is 9.23 Å². The van der Waals surface area contributed by atoms with Gasteiger partial charge in [0.1, 0.15) is 0 Å². The molecule has 0 heterocycles. The van der Waals surface area contributed by atoms with Crippen LogP contribution in [0.15, 0.2) is 36.4 Å². The molecule has 0 saturated heterocycles. The fourth-order valence-electron chi connectivity index (χ4n) is 1.70. The van der Waals surface area contributed by atoms with E-state index in [1.807, 2.05) is 13.0 Å². The van der Waals surface area contributed by atoms with Crippen LogP contribution in [0.2, 0.25) is 0 Å². The zero-order valence-electron chi connectivity index (χ0n) is 10.8. The van der Waals surface area contributed by atoms with Gasteiger partial charge in [0.05, 0.1) is 6.10 Å². The van der Waals surface area contributed by atoms with Crippen LogP contribution in [0.1, 0.15) is 19.4 Å². The minimum absolute atomic E-state index is 0.236. The average molecular weight is 304 g/mol. The maximum atomic E-state index is 5.50. The third-order valence-corrected chi connectivity index (χ3v) is 2.60. The Morgan fingerprint density at radius 2 is 1.94 bits per heavy atom. The molecule has 0 unspecified atom stereocenters. The van der Waals surface area contributed by atoms with Gasteiger partial charge in [-0.15, -0.1) is 0 Å². The van der Waals surface area contributed by atoms with Crippen LogP contribution >= 0.6 is 9.69 Å². The Kier molecular flexibility index (Phi) is 10.8. The van der Waals surface area contributed by atoms with Gasteiger partial charge in [0.25, 0.3) is 0 Å². The van der Waals surface area contributed by atoms with Crippen molar-refractivity contribution in [3.63, 3.8) is 0 Å². The molecule has 1 rings (SSSR count). The molecular formula is C14H19ClOZn. The molecular weight excluding hydrogens is 285 g/mol. The van der Waals surface area contributed by atoms with Gasteiger partial charge in [-0.3, -0.25) is 6.08 Å². The van der Waals surface area contributed by atoms with Crippen LogP contribution in [0.5, 0.6) is 0 Å². The number of benzene rings is 1. The molecule has 0 fully saturated rings. The first-order chi connectivity index (χ1) is 8.27. The van der Waals surface area contributed by atoms with Crippen molar-refractivity contribution in [2.45, 2.75) is 26.4 Å². The fraction of sp³-hybridized carbons (Fsp3) is 0.429. The molecule has 0 aliphatic rings. The van der Waals surface area contributed by atoms with Crippen molar-refractivity contribution in [2.24, 2.45) is 5.92 Å². The van der Waals surface area contributed by atoms with E-state index in [9.17, 15) is 0 Å². The quantitative estimate of drug-likeness (QED) is 0.591. The van der Waals surface area contributed by atoms with Crippen LogP contribution < -0.4 is 0 Å². The summed E-state index contributed by atoms with van der Waals surface area (Å²) in [4.78, 5) is 0. The van der Waals surface area contributed by atoms with E-state index < -0.39 is 0 Å². The molecule has 1 nitrogen and oxygen atoms in total. The zero-order valence-corrected chi connectivity index (χ0v) is 14.5. The van der Waals surface area contributed by atoms with Crippen LogP contribution in [0.3, 0.4) is 0 Å². The van der Waals surface area contributed by atoms with Crippen LogP contribution in [-0.2, 0) is 28.5 Å². The summed E-state index contributed by atoms with van der Waals surface area (Å²) < 4.78 is 5.50. The van der Waals surface area contributed by atoms with Crippen LogP contribution in [-0.4, -0.2) is 13.2 Å². The van der Waals surface area contributed by atoms with Gasteiger partial charge in [0.2, 0.25) is 0 Å². The van der Waals surface area contributed by atoms with E-state index in [2.05, 4.69) is 43.3 Å². The molecule has 1 aromatic carbocycles. The SMILES string of the molecule is C[C-]=C[C@H](C)[C@H](Cc1ccccc1)OC.[Cl][Zn+]. The molecule has 0 aliphatic heterocycles. The maximum absolute atomic E-state index is 5.50. The molecule has 2 atom stereocenters. The molecule has 0 bridgehead atoms. The third kappa shape index (κ3) is 6.98. The summed E-state index contributed by atoms with van der Waals surface area (Å²) in [7, 11) is 6.54. The predicted molar refractivity (Wildman–Crippen MR) is 69.4 cm³/mol. The number of halogens is 1. The second kappa shape index (κ2) is 11.0. The normalized spacial score (nSPS) is 14.0. The Morgan fingerprint density at radius 1 is 1.35 bits per heavy atom. The molecule has 1 aromatic rings. The Balaban J connectivity index is 0.00000121. The van der Waals surface area contributed by atoms with Crippen molar-refractivity contribution in [3.8, 4) is 0 Å². The molecule has 0 aromatic heterocycles. The zero-order chi connectivity index (χ0) is 13.1. The van der Waals surface area contributed by atoms with Gasteiger partial charge in [-0.1, -0.05) is 37.3 Å². The van der Waals surface area contributed by atoms with E-state index in [-0.39, 0.29) is 6.10 Å². The molecule has 0 amide bonds. The Bertz CT molecular complexity index is 300. The van der Waals surface area contributed by atoms with Crippen molar-refractivity contribution >= 4 is 9.69 Å². The van der Waals surface area contributed by atoms with E-state index >= 15 is 0 Å². The van der Waals surface area contributed by atoms with Gasteiger partial charge in [0.15, 0.2) is 0 Å². The first-order valence-corrected chi connectivity index (χ1v) is 9.52. The number of rotatable bonds is 5. The van der Waals surface area contributed by atoms with Gasteiger partial charge in [-0.25, -0.2) is 0 Å². The first kappa shape index (κ1) is 16.8. The van der Waals surface area contributed by atoms with Gasteiger partial charge < -0.3 is 10.8 Å². The predicted octanol–water partition coefficient (Wildman–Crippen LogP) is 3.95. The van der Waals surface area contributed by atoms with E-state index in [0.29, 0.717) is 5.92 Å². The number of allylic oxidation sites excluding steroid dienone is 1. The fourth-order valence-corrected chi connectivity index (χ4v) is 1.70. The molecule has 0 N–H and O–H groups in total. The van der Waals surface area contributed by atoms with Crippen molar-refractivity contribution in [1.29, 1.82) is 0 Å². The van der Waals surface area contributed by atoms with E-state index in [1.54, 1.807) is 7.11 Å². The molecule has 3 heteroatoms. The van der Waals surface area contributed by atoms with Crippen LogP contribution in [0.25, 0.3) is 0 Å². The average Bonchev–Trinajstić information content (AvgIpc) is 2.39. The summed E-state index contributed by atoms with van der Waals surface area (Å²) in [6.07, 6.45) is 6.32. The van der Waals surface area contributed by atoms with E-state index in [1.165, 1.54) is 5.56 Å². The number of hydrogen-bond acceptors (Lipinski definition) is 1. The van der Waals surface area contributed by atoms with Gasteiger partial charge in [0, 0.05) is 7.11 Å². The van der Waals surface area contributed by atoms with Crippen molar-refractivity contribution < 1.29 is 22.0 Å². The Labute approximate surface area is 119 Å². The first-order valence-electron chi connectivity index (χ1n) is 5.62. The van der Waals surface area contributed by atoms with Crippen molar-refractivity contribution in [3.05, 3.63) is 48.0 Å². The molecule has 90 valence electrons. The number of methoxy groups -OCH3 is 1. The second-order valence-corrected chi connectivity index (χ2v) is 3.78. The molecule has 0 saturated carbocycles. The Hall–Kier alpha value is -0.167. The van der Waals surface area contributed by atoms with E-state index in [0.717, 1.165) is 23.7 Å². The summed E-state index contributed by atoms with van der Waals surface area (Å²) in [6.45, 7) is 4.08. The third-order valence-electron chi connectivity index (χ3n) is 2.60. The van der Waals surface area contributed by atoms with E-state index in [4.69, 9.17) is 14.4 Å². The summed E-state index contributed by atoms with van der Waals surface area (Å²) in [6, 6.07) is 10.4. The summed E-state index contributed by atoms with van der Waals surface area (Å²) in [5, 5.41) is 0. The second-order valence-electron chi connectivity index (χ2n) is 3.78. The Morgan fingerprint density at radius 3 is 2.41 bits per heavy atom. The van der Waals surface area contributed by atoms with Crippen molar-refractivity contribution in [1.82, 2.24) is 0 Å². The molecule has 17 heavy (non-hydrogen) atoms. The van der Waals surface area contributed by atoms with Gasteiger partial charge >= 0.3 is 27.0 Å². The van der Waals surface area contributed by atoms with Gasteiger partial charge in [-0.05, 0) is 17.9 Å². The van der Waals surface area contributed by atoms with Crippen molar-refractivity contribution in [2.75, 3.05) is 7.11 Å². The summed E-state index contributed by atoms with van der Waals surface area (Å²) in [5.74, 6) is 0.403. The van der Waals surface area contributed by atoms with Crippen LogP contribution in [0, 0.1) is 12.0 Å². The minimum atomic E-state index is 0.236. The molecule has 0 radical (unpaired) electrons.